The fourth-order valence-electron chi connectivity index (χ4n) is 3.31. The van der Waals surface area contributed by atoms with Gasteiger partial charge in [0.15, 0.2) is 10.8 Å². The van der Waals surface area contributed by atoms with Gasteiger partial charge < -0.3 is 5.32 Å². The molecule has 0 aliphatic heterocycles. The Morgan fingerprint density at radius 2 is 1.81 bits per heavy atom. The van der Waals surface area contributed by atoms with Crippen LogP contribution >= 0.6 is 22.9 Å². The lowest BCUT2D eigenvalue weighted by Crippen LogP contribution is -2.11. The number of anilines is 2. The second kappa shape index (κ2) is 8.56. The number of aryl methyl sites for hydroxylation is 2. The number of halogens is 1. The molecule has 0 radical (unpaired) electrons. The predicted molar refractivity (Wildman–Crippen MR) is 124 cm³/mol. The SMILES string of the molecule is Cc1cc(C)n(Cn2ccc(-c3nnc(Nc4ccn(Cc5ccccc5Cl)n4)s3)n2)n1. The molecule has 9 nitrogen and oxygen atoms in total. The van der Waals surface area contributed by atoms with E-state index in [4.69, 9.17) is 11.6 Å². The van der Waals surface area contributed by atoms with Gasteiger partial charge in [-0.05, 0) is 37.6 Å². The van der Waals surface area contributed by atoms with E-state index in [0.717, 1.165) is 32.7 Å². The second-order valence-electron chi connectivity index (χ2n) is 7.34. The normalized spacial score (nSPS) is 11.2. The number of nitrogens with zero attached hydrogens (tertiary/aromatic N) is 8. The van der Waals surface area contributed by atoms with Crippen LogP contribution in [0.25, 0.3) is 10.7 Å². The highest BCUT2D eigenvalue weighted by atomic mass is 35.5. The maximum absolute atomic E-state index is 6.24. The molecule has 0 bridgehead atoms. The maximum atomic E-state index is 6.24. The zero-order valence-corrected chi connectivity index (χ0v) is 19.0. The van der Waals surface area contributed by atoms with Crippen molar-refractivity contribution in [3.05, 3.63) is 76.8 Å². The van der Waals surface area contributed by atoms with Gasteiger partial charge in [-0.25, -0.2) is 4.68 Å². The largest absolute Gasteiger partial charge is 0.313 e. The first-order valence-electron chi connectivity index (χ1n) is 9.96. The van der Waals surface area contributed by atoms with E-state index >= 15 is 0 Å². The van der Waals surface area contributed by atoms with Crippen molar-refractivity contribution in [2.75, 3.05) is 5.32 Å². The summed E-state index contributed by atoms with van der Waals surface area (Å²) in [5, 5.41) is 27.4. The molecule has 4 aromatic heterocycles. The summed E-state index contributed by atoms with van der Waals surface area (Å²) < 4.78 is 5.57. The molecule has 0 aliphatic rings. The van der Waals surface area contributed by atoms with Crippen molar-refractivity contribution in [2.24, 2.45) is 0 Å². The molecular weight excluding hydrogens is 446 g/mol. The van der Waals surface area contributed by atoms with E-state index < -0.39 is 0 Å². The summed E-state index contributed by atoms with van der Waals surface area (Å²) in [7, 11) is 0. The van der Waals surface area contributed by atoms with Crippen LogP contribution in [0.1, 0.15) is 17.0 Å². The topological polar surface area (TPSA) is 91.3 Å². The summed E-state index contributed by atoms with van der Waals surface area (Å²) >= 11 is 7.66. The molecule has 32 heavy (non-hydrogen) atoms. The molecule has 0 amide bonds. The number of hydrogen-bond acceptors (Lipinski definition) is 7. The molecule has 0 saturated carbocycles. The third kappa shape index (κ3) is 4.41. The fraction of sp³-hybridized carbons (Fsp3) is 0.190. The van der Waals surface area contributed by atoms with E-state index in [1.165, 1.54) is 11.3 Å². The van der Waals surface area contributed by atoms with Gasteiger partial charge in [0.05, 0.1) is 12.2 Å². The Kier molecular flexibility index (Phi) is 5.46. The Balaban J connectivity index is 1.25. The van der Waals surface area contributed by atoms with E-state index in [1.54, 1.807) is 0 Å². The van der Waals surface area contributed by atoms with Gasteiger partial charge in [-0.15, -0.1) is 10.2 Å². The number of hydrogen-bond donors (Lipinski definition) is 1. The molecule has 5 rings (SSSR count). The summed E-state index contributed by atoms with van der Waals surface area (Å²) in [5.41, 5.74) is 3.86. The van der Waals surface area contributed by atoms with Crippen LogP contribution < -0.4 is 5.32 Å². The molecule has 162 valence electrons. The van der Waals surface area contributed by atoms with Crippen molar-refractivity contribution in [2.45, 2.75) is 27.1 Å². The highest BCUT2D eigenvalue weighted by molar-refractivity contribution is 7.18. The van der Waals surface area contributed by atoms with Gasteiger partial charge in [-0.1, -0.05) is 41.1 Å². The summed E-state index contributed by atoms with van der Waals surface area (Å²) in [6.07, 6.45) is 3.81. The average molecular weight is 466 g/mol. The molecule has 0 atom stereocenters. The summed E-state index contributed by atoms with van der Waals surface area (Å²) in [5.74, 6) is 0.690. The van der Waals surface area contributed by atoms with Crippen molar-refractivity contribution in [3.63, 3.8) is 0 Å². The van der Waals surface area contributed by atoms with Gasteiger partial charge in [-0.3, -0.25) is 9.36 Å². The van der Waals surface area contributed by atoms with E-state index in [1.807, 2.05) is 82.8 Å². The Bertz CT molecular complexity index is 1360. The molecule has 5 aromatic rings. The van der Waals surface area contributed by atoms with Crippen molar-refractivity contribution in [1.82, 2.24) is 39.5 Å². The third-order valence-corrected chi connectivity index (χ3v) is 6.06. The minimum absolute atomic E-state index is 0.548. The van der Waals surface area contributed by atoms with Crippen molar-refractivity contribution >= 4 is 33.9 Å². The monoisotopic (exact) mass is 465 g/mol. The average Bonchev–Trinajstić information content (AvgIpc) is 3.54. The number of benzene rings is 1. The number of aromatic nitrogens is 8. The Morgan fingerprint density at radius 3 is 2.62 bits per heavy atom. The van der Waals surface area contributed by atoms with Gasteiger partial charge in [0.2, 0.25) is 5.13 Å². The Morgan fingerprint density at radius 1 is 0.969 bits per heavy atom. The summed E-state index contributed by atoms with van der Waals surface area (Å²) in [6.45, 7) is 5.15. The van der Waals surface area contributed by atoms with Crippen LogP contribution in [0.2, 0.25) is 5.02 Å². The first-order chi connectivity index (χ1) is 15.5. The zero-order chi connectivity index (χ0) is 22.1. The predicted octanol–water partition coefficient (Wildman–Crippen LogP) is 4.36. The van der Waals surface area contributed by atoms with Crippen LogP contribution in [0.15, 0.2) is 54.9 Å². The smallest absolute Gasteiger partial charge is 0.211 e. The molecule has 11 heteroatoms. The number of nitrogens with one attached hydrogen (secondary N) is 1. The summed E-state index contributed by atoms with van der Waals surface area (Å²) in [6, 6.07) is 13.6. The first kappa shape index (κ1) is 20.4. The van der Waals surface area contributed by atoms with Gasteiger partial charge in [0, 0.05) is 29.2 Å². The van der Waals surface area contributed by atoms with Gasteiger partial charge in [-0.2, -0.15) is 15.3 Å². The maximum Gasteiger partial charge on any atom is 0.211 e. The van der Waals surface area contributed by atoms with E-state index in [2.05, 4.69) is 30.8 Å². The highest BCUT2D eigenvalue weighted by Crippen LogP contribution is 2.27. The van der Waals surface area contributed by atoms with Crippen LogP contribution in [-0.4, -0.2) is 39.5 Å². The molecule has 0 spiro atoms. The van der Waals surface area contributed by atoms with Crippen LogP contribution in [-0.2, 0) is 13.2 Å². The third-order valence-electron chi connectivity index (χ3n) is 4.83. The van der Waals surface area contributed by atoms with Crippen molar-refractivity contribution in [1.29, 1.82) is 0 Å². The lowest BCUT2D eigenvalue weighted by atomic mass is 10.2. The first-order valence-corrected chi connectivity index (χ1v) is 11.2. The highest BCUT2D eigenvalue weighted by Gasteiger charge is 2.12. The molecule has 1 N–H and O–H groups in total. The van der Waals surface area contributed by atoms with Gasteiger partial charge in [0.25, 0.3) is 0 Å². The minimum Gasteiger partial charge on any atom is -0.313 e. The van der Waals surface area contributed by atoms with E-state index in [9.17, 15) is 0 Å². The fourth-order valence-corrected chi connectivity index (χ4v) is 4.23. The lowest BCUT2D eigenvalue weighted by Gasteiger charge is -2.04. The van der Waals surface area contributed by atoms with Crippen LogP contribution in [0.5, 0.6) is 0 Å². The van der Waals surface area contributed by atoms with Crippen molar-refractivity contribution in [3.8, 4) is 10.7 Å². The van der Waals surface area contributed by atoms with Crippen LogP contribution in [0.3, 0.4) is 0 Å². The van der Waals surface area contributed by atoms with E-state index in [0.29, 0.717) is 24.2 Å². The molecule has 1 aromatic carbocycles. The van der Waals surface area contributed by atoms with Gasteiger partial charge in [0.1, 0.15) is 12.4 Å². The summed E-state index contributed by atoms with van der Waals surface area (Å²) in [4.78, 5) is 0. The molecule has 4 heterocycles. The zero-order valence-electron chi connectivity index (χ0n) is 17.5. The minimum atomic E-state index is 0.548. The van der Waals surface area contributed by atoms with E-state index in [-0.39, 0.29) is 0 Å². The standard InChI is InChI=1S/C21H20ClN9S/c1-14-11-15(2)31(26-14)13-30-9-7-18(27-30)20-24-25-21(32-20)23-19-8-10-29(28-19)12-16-5-3-4-6-17(16)22/h3-11H,12-13H2,1-2H3,(H,23,25,28). The quantitative estimate of drug-likeness (QED) is 0.384. The van der Waals surface area contributed by atoms with Crippen molar-refractivity contribution < 1.29 is 0 Å². The lowest BCUT2D eigenvalue weighted by molar-refractivity contribution is 0.492. The molecule has 0 aliphatic carbocycles. The van der Waals surface area contributed by atoms with Gasteiger partial charge >= 0.3 is 0 Å². The molecule has 0 saturated heterocycles. The van der Waals surface area contributed by atoms with Crippen LogP contribution in [0.4, 0.5) is 10.9 Å². The van der Waals surface area contributed by atoms with Crippen LogP contribution in [0, 0.1) is 13.8 Å². The Labute approximate surface area is 193 Å². The molecule has 0 fully saturated rings. The second-order valence-corrected chi connectivity index (χ2v) is 8.72. The number of rotatable bonds is 7. The molecule has 0 unspecified atom stereocenters. The Hall–Kier alpha value is -3.50. The molecular formula is C21H20ClN9S.